The van der Waals surface area contributed by atoms with Crippen LogP contribution in [0.25, 0.3) is 0 Å². The van der Waals surface area contributed by atoms with Crippen LogP contribution < -0.4 is 15.2 Å². The molecule has 0 spiro atoms. The highest BCUT2D eigenvalue weighted by molar-refractivity contribution is 7.89. The summed E-state index contributed by atoms with van der Waals surface area (Å²) in [4.78, 5) is -1.85. The lowest BCUT2D eigenvalue weighted by Gasteiger charge is -2.13. The maximum Gasteiger partial charge on any atom is 0.244 e. The zero-order valence-electron chi connectivity index (χ0n) is 12.2. The average molecular weight is 364 g/mol. The fourth-order valence-corrected chi connectivity index (χ4v) is 2.63. The van der Waals surface area contributed by atoms with Crippen molar-refractivity contribution in [3.63, 3.8) is 0 Å². The van der Waals surface area contributed by atoms with Crippen molar-refractivity contribution >= 4 is 15.7 Å². The predicted molar refractivity (Wildman–Crippen MR) is 78.0 cm³/mol. The summed E-state index contributed by atoms with van der Waals surface area (Å²) < 4.78 is 82.3. The zero-order valence-corrected chi connectivity index (χ0v) is 13.1. The smallest absolute Gasteiger partial charge is 0.244 e. The monoisotopic (exact) mass is 364 g/mol. The summed E-state index contributed by atoms with van der Waals surface area (Å²) in [7, 11) is -3.52. The fourth-order valence-electron chi connectivity index (χ4n) is 1.95. The van der Waals surface area contributed by atoms with Gasteiger partial charge in [0.05, 0.1) is 7.11 Å². The van der Waals surface area contributed by atoms with Crippen LogP contribution in [0.5, 0.6) is 5.75 Å². The van der Waals surface area contributed by atoms with E-state index in [-0.39, 0.29) is 6.54 Å². The number of ether oxygens (including phenoxy) is 1. The highest BCUT2D eigenvalue weighted by atomic mass is 32.2. The van der Waals surface area contributed by atoms with E-state index in [1.165, 1.54) is 7.11 Å². The Hall–Kier alpha value is -2.33. The summed E-state index contributed by atoms with van der Waals surface area (Å²) >= 11 is 0. The number of nitrogens with two attached hydrogens (primary N) is 1. The van der Waals surface area contributed by atoms with Gasteiger partial charge in [-0.1, -0.05) is 12.1 Å². The molecule has 130 valence electrons. The van der Waals surface area contributed by atoms with E-state index in [4.69, 9.17) is 4.74 Å². The topological polar surface area (TPSA) is 81.4 Å². The van der Waals surface area contributed by atoms with Crippen LogP contribution in [0.2, 0.25) is 0 Å². The van der Waals surface area contributed by atoms with Crippen molar-refractivity contribution in [3.05, 3.63) is 53.1 Å². The Bertz CT molecular complexity index is 842. The summed E-state index contributed by atoms with van der Waals surface area (Å²) in [5.74, 6) is -7.40. The maximum absolute atomic E-state index is 13.9. The minimum atomic E-state index is -4.97. The van der Waals surface area contributed by atoms with Gasteiger partial charge in [0.2, 0.25) is 10.0 Å². The quantitative estimate of drug-likeness (QED) is 0.631. The van der Waals surface area contributed by atoms with Gasteiger partial charge >= 0.3 is 0 Å². The molecule has 2 aromatic rings. The Kier molecular flexibility index (Phi) is 4.99. The second-order valence-electron chi connectivity index (χ2n) is 4.71. The van der Waals surface area contributed by atoms with Gasteiger partial charge < -0.3 is 10.1 Å². The molecular weight excluding hydrogens is 352 g/mol. The fraction of sp³-hybridized carbons (Fsp3) is 0.143. The molecule has 2 rings (SSSR count). The van der Waals surface area contributed by atoms with Gasteiger partial charge in [-0.25, -0.2) is 31.1 Å². The predicted octanol–water partition coefficient (Wildman–Crippen LogP) is 2.51. The molecule has 0 aliphatic heterocycles. The molecule has 0 saturated heterocycles. The second-order valence-corrected chi connectivity index (χ2v) is 6.20. The van der Waals surface area contributed by atoms with Gasteiger partial charge in [0.15, 0.2) is 28.2 Å². The first-order valence-electron chi connectivity index (χ1n) is 6.42. The van der Waals surface area contributed by atoms with Gasteiger partial charge in [-0.05, 0) is 17.7 Å². The molecule has 0 aliphatic carbocycles. The van der Waals surface area contributed by atoms with E-state index in [1.54, 1.807) is 24.3 Å². The normalized spacial score (nSPS) is 11.4. The lowest BCUT2D eigenvalue weighted by atomic mass is 10.2. The van der Waals surface area contributed by atoms with Gasteiger partial charge in [-0.15, -0.1) is 0 Å². The largest absolute Gasteiger partial charge is 0.497 e. The number of primary sulfonamides is 1. The number of anilines is 1. The van der Waals surface area contributed by atoms with E-state index < -0.39 is 43.9 Å². The van der Waals surface area contributed by atoms with Gasteiger partial charge in [-0.3, -0.25) is 0 Å². The number of methoxy groups -OCH3 is 1. The molecule has 0 bridgehead atoms. The van der Waals surface area contributed by atoms with E-state index in [0.717, 1.165) is 0 Å². The van der Waals surface area contributed by atoms with Gasteiger partial charge in [0.25, 0.3) is 0 Å². The summed E-state index contributed by atoms with van der Waals surface area (Å²) in [6.07, 6.45) is 0. The average Bonchev–Trinajstić information content (AvgIpc) is 2.52. The summed E-state index contributed by atoms with van der Waals surface area (Å²) in [6.45, 7) is -0.175. The molecule has 0 saturated carbocycles. The molecule has 0 aromatic heterocycles. The van der Waals surface area contributed by atoms with Crippen LogP contribution in [0.4, 0.5) is 23.2 Å². The molecule has 0 heterocycles. The van der Waals surface area contributed by atoms with Crippen LogP contribution >= 0.6 is 0 Å². The molecular formula is C14H12F4N2O3S. The molecule has 10 heteroatoms. The highest BCUT2D eigenvalue weighted by Crippen LogP contribution is 2.30. The first kappa shape index (κ1) is 18.0. The van der Waals surface area contributed by atoms with Crippen LogP contribution in [0, 0.1) is 23.3 Å². The molecule has 0 amide bonds. The number of halogens is 4. The van der Waals surface area contributed by atoms with E-state index >= 15 is 0 Å². The summed E-state index contributed by atoms with van der Waals surface area (Å²) in [5, 5.41) is 6.75. The first-order chi connectivity index (χ1) is 11.2. The third-order valence-corrected chi connectivity index (χ3v) is 4.06. The maximum atomic E-state index is 13.9. The Balaban J connectivity index is 2.37. The minimum absolute atomic E-state index is 0.175. The van der Waals surface area contributed by atoms with Gasteiger partial charge in [0, 0.05) is 6.54 Å². The molecule has 0 unspecified atom stereocenters. The molecule has 3 N–H and O–H groups in total. The lowest BCUT2D eigenvalue weighted by Crippen LogP contribution is -2.19. The molecule has 0 fully saturated rings. The van der Waals surface area contributed by atoms with E-state index in [0.29, 0.717) is 11.3 Å². The van der Waals surface area contributed by atoms with Gasteiger partial charge in [0.1, 0.15) is 11.4 Å². The van der Waals surface area contributed by atoms with Crippen molar-refractivity contribution in [2.75, 3.05) is 12.4 Å². The van der Waals surface area contributed by atoms with Crippen molar-refractivity contribution in [2.45, 2.75) is 11.4 Å². The van der Waals surface area contributed by atoms with E-state index in [9.17, 15) is 26.0 Å². The van der Waals surface area contributed by atoms with Crippen molar-refractivity contribution in [1.82, 2.24) is 0 Å². The van der Waals surface area contributed by atoms with Crippen molar-refractivity contribution in [1.29, 1.82) is 0 Å². The number of sulfonamides is 1. The third-order valence-electron chi connectivity index (χ3n) is 3.14. The van der Waals surface area contributed by atoms with E-state index in [2.05, 4.69) is 10.5 Å². The molecule has 5 nitrogen and oxygen atoms in total. The lowest BCUT2D eigenvalue weighted by molar-refractivity contribution is 0.414. The van der Waals surface area contributed by atoms with Crippen molar-refractivity contribution in [3.8, 4) is 5.75 Å². The van der Waals surface area contributed by atoms with Gasteiger partial charge in [-0.2, -0.15) is 0 Å². The number of nitrogens with one attached hydrogen (secondary N) is 1. The standard InChI is InChI=1S/C14H12F4N2O3S/c1-23-8-4-2-7(3-5-8)6-20-13-9(15)11(17)14(24(19,21)22)12(18)10(13)16/h2-5,20H,6H2,1H3,(H2,19,21,22). The van der Waals surface area contributed by atoms with Crippen LogP contribution in [0.15, 0.2) is 29.2 Å². The Morgan fingerprint density at radius 2 is 1.50 bits per heavy atom. The van der Waals surface area contributed by atoms with Crippen LogP contribution in [-0.4, -0.2) is 15.5 Å². The zero-order chi connectivity index (χ0) is 18.1. The summed E-state index contributed by atoms with van der Waals surface area (Å²) in [6, 6.07) is 6.28. The Labute approximate surface area is 135 Å². The molecule has 0 aliphatic rings. The SMILES string of the molecule is COc1ccc(CNc2c(F)c(F)c(S(N)(=O)=O)c(F)c2F)cc1. The highest BCUT2D eigenvalue weighted by Gasteiger charge is 2.31. The van der Waals surface area contributed by atoms with Crippen molar-refractivity contribution < 1.29 is 30.7 Å². The Morgan fingerprint density at radius 3 is 1.92 bits per heavy atom. The van der Waals surface area contributed by atoms with E-state index in [1.807, 2.05) is 0 Å². The number of hydrogen-bond acceptors (Lipinski definition) is 4. The number of benzene rings is 2. The van der Waals surface area contributed by atoms with Crippen LogP contribution in [0.3, 0.4) is 0 Å². The van der Waals surface area contributed by atoms with Crippen LogP contribution in [-0.2, 0) is 16.6 Å². The van der Waals surface area contributed by atoms with Crippen LogP contribution in [0.1, 0.15) is 5.56 Å². The molecule has 24 heavy (non-hydrogen) atoms. The minimum Gasteiger partial charge on any atom is -0.497 e. The molecule has 0 radical (unpaired) electrons. The molecule has 0 atom stereocenters. The second kappa shape index (κ2) is 6.65. The summed E-state index contributed by atoms with van der Waals surface area (Å²) in [5.41, 5.74) is -0.598. The number of rotatable bonds is 5. The van der Waals surface area contributed by atoms with Crippen molar-refractivity contribution in [2.24, 2.45) is 5.14 Å². The number of hydrogen-bond donors (Lipinski definition) is 2. The third kappa shape index (κ3) is 3.44. The Morgan fingerprint density at radius 1 is 1.00 bits per heavy atom. The first-order valence-corrected chi connectivity index (χ1v) is 7.97. The molecule has 2 aromatic carbocycles.